The van der Waals surface area contributed by atoms with Crippen LogP contribution >= 0.6 is 0 Å². The van der Waals surface area contributed by atoms with Gasteiger partial charge in [-0.25, -0.2) is 19.2 Å². The van der Waals surface area contributed by atoms with Crippen LogP contribution in [-0.2, 0) is 11.2 Å². The van der Waals surface area contributed by atoms with E-state index in [0.29, 0.717) is 30.0 Å². The van der Waals surface area contributed by atoms with E-state index in [1.807, 2.05) is 0 Å². The maximum absolute atomic E-state index is 14.9. The lowest BCUT2D eigenvalue weighted by Gasteiger charge is -2.18. The van der Waals surface area contributed by atoms with Crippen LogP contribution in [0.15, 0.2) is 24.5 Å². The number of imidazole rings is 1. The Morgan fingerprint density at radius 1 is 1.36 bits per heavy atom. The maximum atomic E-state index is 14.9. The van der Waals surface area contributed by atoms with Crippen LogP contribution in [0.1, 0.15) is 44.0 Å². The van der Waals surface area contributed by atoms with Gasteiger partial charge in [0.25, 0.3) is 0 Å². The van der Waals surface area contributed by atoms with E-state index in [1.54, 1.807) is 19.9 Å². The molecule has 0 radical (unpaired) electrons. The second-order valence-corrected chi connectivity index (χ2v) is 8.23. The van der Waals surface area contributed by atoms with E-state index in [-0.39, 0.29) is 17.7 Å². The Balaban J connectivity index is 1.45. The van der Waals surface area contributed by atoms with Crippen LogP contribution in [0.2, 0.25) is 0 Å². The predicted molar refractivity (Wildman–Crippen MR) is 110 cm³/mol. The average Bonchev–Trinajstić information content (AvgIpc) is 3.40. The topological polar surface area (TPSA) is 109 Å². The number of fused-ring (bicyclic) bond motifs is 1. The van der Waals surface area contributed by atoms with Gasteiger partial charge >= 0.3 is 12.3 Å². The minimum absolute atomic E-state index is 0.118. The van der Waals surface area contributed by atoms with Gasteiger partial charge < -0.3 is 15.4 Å². The van der Waals surface area contributed by atoms with E-state index < -0.39 is 36.9 Å². The number of hydrogen-bond acceptors (Lipinski definition) is 6. The minimum Gasteiger partial charge on any atom is -0.443 e. The summed E-state index contributed by atoms with van der Waals surface area (Å²) in [6.07, 6.45) is -4.96. The van der Waals surface area contributed by atoms with E-state index in [9.17, 15) is 22.4 Å². The number of rotatable bonds is 6. The lowest BCUT2D eigenvalue weighted by atomic mass is 10.0. The van der Waals surface area contributed by atoms with Crippen LogP contribution in [0.5, 0.6) is 0 Å². The van der Waals surface area contributed by atoms with Crippen LogP contribution in [0.25, 0.3) is 5.65 Å². The van der Waals surface area contributed by atoms with Crippen molar-refractivity contribution in [1.82, 2.24) is 29.9 Å². The highest BCUT2D eigenvalue weighted by molar-refractivity contribution is 5.67. The average molecular weight is 469 g/mol. The summed E-state index contributed by atoms with van der Waals surface area (Å²) in [6.45, 7) is 3.56. The number of nitrogens with one attached hydrogen (secondary N) is 3. The third-order valence-corrected chi connectivity index (χ3v) is 5.22. The number of H-pyrrole nitrogens is 1. The molecule has 1 saturated carbocycles. The van der Waals surface area contributed by atoms with Crippen molar-refractivity contribution in [3.63, 3.8) is 0 Å². The number of anilines is 2. The fraction of sp³-hybridized carbons (Fsp3) is 0.500. The van der Waals surface area contributed by atoms with Gasteiger partial charge in [-0.15, -0.1) is 0 Å². The van der Waals surface area contributed by atoms with Crippen LogP contribution in [-0.4, -0.2) is 55.2 Å². The van der Waals surface area contributed by atoms with Crippen molar-refractivity contribution in [1.29, 1.82) is 0 Å². The van der Waals surface area contributed by atoms with E-state index in [2.05, 4.69) is 30.8 Å². The molecular weight excluding hydrogens is 446 g/mol. The molecule has 0 aliphatic heterocycles. The molecule has 0 bridgehead atoms. The van der Waals surface area contributed by atoms with Crippen LogP contribution in [0.3, 0.4) is 0 Å². The van der Waals surface area contributed by atoms with Crippen LogP contribution in [0, 0.1) is 0 Å². The molecule has 0 unspecified atom stereocenters. The smallest absolute Gasteiger partial charge is 0.407 e. The number of carbonyl (C=O) groups is 1. The lowest BCUT2D eigenvalue weighted by Crippen LogP contribution is -2.36. The molecule has 3 aromatic heterocycles. The Labute approximate surface area is 185 Å². The number of carbonyl (C=O) groups excluding carboxylic acids is 1. The zero-order valence-electron chi connectivity index (χ0n) is 17.9. The molecule has 1 aliphatic carbocycles. The first-order chi connectivity index (χ1) is 15.6. The lowest BCUT2D eigenvalue weighted by molar-refractivity contribution is -0.127. The van der Waals surface area contributed by atoms with Gasteiger partial charge in [-0.2, -0.15) is 18.3 Å². The number of aromatic nitrogens is 5. The summed E-state index contributed by atoms with van der Waals surface area (Å²) in [5.41, 5.74) is 0.665. The van der Waals surface area contributed by atoms with Crippen molar-refractivity contribution < 1.29 is 27.1 Å². The van der Waals surface area contributed by atoms with Gasteiger partial charge in [0.2, 0.25) is 5.95 Å². The molecular formula is C20H23F4N7O2. The highest BCUT2D eigenvalue weighted by atomic mass is 19.4. The number of ether oxygens (including phenoxy) is 1. The first-order valence-electron chi connectivity index (χ1n) is 10.4. The standard InChI is InChI=1S/C20H23F4N7O2/c1-10(2)26-19(32)33-14-4-3-12(17(14)21)13-7-15(30-29-13)28-18-25-6-5-16-27-11(9-31(16)18)8-20(22,23)24/h5-7,9-10,12,14,17H,3-4,8H2,1-2H3,(H,26,32)(H2,25,28,29,30)/t12-,14-,17+/m0/s1. The zero-order valence-corrected chi connectivity index (χ0v) is 17.9. The predicted octanol–water partition coefficient (Wildman–Crippen LogP) is 4.02. The minimum atomic E-state index is -4.38. The van der Waals surface area contributed by atoms with Gasteiger partial charge in [0.05, 0.1) is 12.1 Å². The Morgan fingerprint density at radius 3 is 2.88 bits per heavy atom. The summed E-state index contributed by atoms with van der Waals surface area (Å²) in [7, 11) is 0. The van der Waals surface area contributed by atoms with Crippen molar-refractivity contribution in [3.8, 4) is 0 Å². The summed E-state index contributed by atoms with van der Waals surface area (Å²) in [6, 6.07) is 2.97. The Kier molecular flexibility index (Phi) is 6.13. The summed E-state index contributed by atoms with van der Waals surface area (Å²) >= 11 is 0. The molecule has 1 amide bonds. The number of amides is 1. The first kappa shape index (κ1) is 22.8. The summed E-state index contributed by atoms with van der Waals surface area (Å²) in [5.74, 6) is -0.0215. The SMILES string of the molecule is CC(C)NC(=O)O[C@H]1CC[C@@H](c2cc(Nc3nccc4nc(CC(F)(F)F)cn34)n[nH]2)[C@H]1F. The maximum Gasteiger partial charge on any atom is 0.407 e. The summed E-state index contributed by atoms with van der Waals surface area (Å²) in [5, 5.41) is 12.4. The number of nitrogens with zero attached hydrogens (tertiary/aromatic N) is 4. The third-order valence-electron chi connectivity index (χ3n) is 5.22. The van der Waals surface area contributed by atoms with Gasteiger partial charge in [-0.05, 0) is 32.8 Å². The van der Waals surface area contributed by atoms with E-state index in [4.69, 9.17) is 4.74 Å². The quantitative estimate of drug-likeness (QED) is 0.471. The monoisotopic (exact) mass is 469 g/mol. The van der Waals surface area contributed by atoms with Gasteiger partial charge in [-0.3, -0.25) is 9.50 Å². The number of aromatic amines is 1. The van der Waals surface area contributed by atoms with Crippen LogP contribution < -0.4 is 10.6 Å². The molecule has 13 heteroatoms. The molecule has 0 saturated heterocycles. The van der Waals surface area contributed by atoms with Crippen molar-refractivity contribution in [2.75, 3.05) is 5.32 Å². The highest BCUT2D eigenvalue weighted by Gasteiger charge is 2.41. The molecule has 4 rings (SSSR count). The third kappa shape index (κ3) is 5.34. The van der Waals surface area contributed by atoms with Gasteiger partial charge in [0.1, 0.15) is 17.9 Å². The molecule has 1 aliphatic rings. The molecule has 3 heterocycles. The Morgan fingerprint density at radius 2 is 2.15 bits per heavy atom. The number of hydrogen-bond donors (Lipinski definition) is 3. The zero-order chi connectivity index (χ0) is 23.8. The van der Waals surface area contributed by atoms with Gasteiger partial charge in [0.15, 0.2) is 5.82 Å². The number of alkyl carbamates (subject to hydrolysis) is 1. The Bertz CT molecular complexity index is 1130. The van der Waals surface area contributed by atoms with Gasteiger partial charge in [0, 0.05) is 36.1 Å². The fourth-order valence-corrected chi connectivity index (χ4v) is 3.84. The van der Waals surface area contributed by atoms with Gasteiger partial charge in [-0.1, -0.05) is 0 Å². The normalized spacial score (nSPS) is 21.0. The second kappa shape index (κ2) is 8.87. The van der Waals surface area contributed by atoms with Crippen molar-refractivity contribution in [3.05, 3.63) is 35.9 Å². The largest absolute Gasteiger partial charge is 0.443 e. The molecule has 33 heavy (non-hydrogen) atoms. The summed E-state index contributed by atoms with van der Waals surface area (Å²) < 4.78 is 59.6. The molecule has 9 nitrogen and oxygen atoms in total. The van der Waals surface area contributed by atoms with E-state index in [0.717, 1.165) is 0 Å². The first-order valence-corrected chi connectivity index (χ1v) is 10.4. The summed E-state index contributed by atoms with van der Waals surface area (Å²) in [4.78, 5) is 19.9. The Hall–Kier alpha value is -3.38. The van der Waals surface area contributed by atoms with Crippen LogP contribution in [0.4, 0.5) is 34.1 Å². The molecule has 178 valence electrons. The molecule has 3 N–H and O–H groups in total. The van der Waals surface area contributed by atoms with Crippen molar-refractivity contribution in [2.24, 2.45) is 0 Å². The molecule has 0 aromatic carbocycles. The number of alkyl halides is 4. The van der Waals surface area contributed by atoms with Crippen molar-refractivity contribution >= 4 is 23.5 Å². The molecule has 3 aromatic rings. The number of halogens is 4. The molecule has 1 fully saturated rings. The molecule has 0 spiro atoms. The van der Waals surface area contributed by atoms with E-state index >= 15 is 0 Å². The second-order valence-electron chi connectivity index (χ2n) is 8.23. The van der Waals surface area contributed by atoms with Crippen molar-refractivity contribution in [2.45, 2.75) is 63.5 Å². The fourth-order valence-electron chi connectivity index (χ4n) is 3.84. The highest BCUT2D eigenvalue weighted by Crippen LogP contribution is 2.38. The molecule has 3 atom stereocenters. The van der Waals surface area contributed by atoms with E-state index in [1.165, 1.54) is 22.9 Å².